The number of hydrogen-bond acceptors (Lipinski definition) is 3. The van der Waals surface area contributed by atoms with Gasteiger partial charge in [-0.05, 0) is 56.5 Å². The van der Waals surface area contributed by atoms with Crippen molar-refractivity contribution in [3.8, 4) is 5.75 Å². The minimum absolute atomic E-state index is 0.0278. The average molecular weight is 257 g/mol. The van der Waals surface area contributed by atoms with Crippen LogP contribution < -0.4 is 5.32 Å². The van der Waals surface area contributed by atoms with Gasteiger partial charge in [0.05, 0.1) is 0 Å². The van der Waals surface area contributed by atoms with E-state index in [1.165, 1.54) is 30.4 Å². The molecule has 1 aromatic carbocycles. The normalized spacial score (nSPS) is 12.6. The molecule has 0 bridgehead atoms. The van der Waals surface area contributed by atoms with Gasteiger partial charge in [0.25, 0.3) is 0 Å². The maximum Gasteiger partial charge on any atom is 0.123 e. The van der Waals surface area contributed by atoms with Crippen LogP contribution in [0.1, 0.15) is 31.4 Å². The number of unbranched alkanes of at least 4 members (excludes halogenated alkanes) is 1. The van der Waals surface area contributed by atoms with E-state index in [9.17, 15) is 9.50 Å². The largest absolute Gasteiger partial charge is 0.508 e. The van der Waals surface area contributed by atoms with Crippen LogP contribution in [-0.4, -0.2) is 23.7 Å². The van der Waals surface area contributed by atoms with E-state index in [1.807, 2.05) is 18.7 Å². The molecule has 1 unspecified atom stereocenters. The monoisotopic (exact) mass is 257 g/mol. The zero-order valence-corrected chi connectivity index (χ0v) is 11.2. The molecule has 0 aromatic heterocycles. The second kappa shape index (κ2) is 7.56. The number of benzene rings is 1. The first kappa shape index (κ1) is 14.3. The quantitative estimate of drug-likeness (QED) is 0.735. The van der Waals surface area contributed by atoms with Crippen LogP contribution in [-0.2, 0) is 0 Å². The van der Waals surface area contributed by atoms with E-state index in [0.29, 0.717) is 5.56 Å². The number of phenolic OH excluding ortho intramolecular Hbond substituents is 1. The molecular weight excluding hydrogens is 237 g/mol. The van der Waals surface area contributed by atoms with Crippen LogP contribution in [0.15, 0.2) is 18.2 Å². The second-order valence-electron chi connectivity index (χ2n) is 4.08. The van der Waals surface area contributed by atoms with Gasteiger partial charge in [0.2, 0.25) is 0 Å². The Morgan fingerprint density at radius 3 is 2.88 bits per heavy atom. The third-order valence-electron chi connectivity index (χ3n) is 2.68. The Kier molecular flexibility index (Phi) is 6.37. The number of phenols is 1. The van der Waals surface area contributed by atoms with Crippen molar-refractivity contribution in [2.45, 2.75) is 25.8 Å². The molecule has 0 heterocycles. The van der Waals surface area contributed by atoms with Crippen molar-refractivity contribution < 1.29 is 9.50 Å². The Morgan fingerprint density at radius 1 is 1.41 bits per heavy atom. The van der Waals surface area contributed by atoms with E-state index in [0.717, 1.165) is 13.0 Å². The first-order valence-corrected chi connectivity index (χ1v) is 7.25. The Bertz CT molecular complexity index is 346. The lowest BCUT2D eigenvalue weighted by Gasteiger charge is -2.15. The van der Waals surface area contributed by atoms with Crippen molar-refractivity contribution in [3.05, 3.63) is 29.6 Å². The fourth-order valence-corrected chi connectivity index (χ4v) is 2.16. The highest BCUT2D eigenvalue weighted by atomic mass is 32.2. The van der Waals surface area contributed by atoms with E-state index in [1.54, 1.807) is 0 Å². The summed E-state index contributed by atoms with van der Waals surface area (Å²) in [5, 5.41) is 12.9. The summed E-state index contributed by atoms with van der Waals surface area (Å²) in [5.74, 6) is 1.01. The zero-order chi connectivity index (χ0) is 12.7. The third-order valence-corrected chi connectivity index (χ3v) is 3.38. The fraction of sp³-hybridized carbons (Fsp3) is 0.538. The molecule has 17 heavy (non-hydrogen) atoms. The summed E-state index contributed by atoms with van der Waals surface area (Å²) in [4.78, 5) is 0. The van der Waals surface area contributed by atoms with Crippen molar-refractivity contribution in [2.24, 2.45) is 0 Å². The van der Waals surface area contributed by atoms with Crippen molar-refractivity contribution in [3.63, 3.8) is 0 Å². The van der Waals surface area contributed by atoms with Crippen LogP contribution in [0.25, 0.3) is 0 Å². The van der Waals surface area contributed by atoms with Gasteiger partial charge in [0.15, 0.2) is 0 Å². The zero-order valence-electron chi connectivity index (χ0n) is 10.4. The summed E-state index contributed by atoms with van der Waals surface area (Å²) in [6.07, 6.45) is 4.37. The number of rotatable bonds is 7. The van der Waals surface area contributed by atoms with Gasteiger partial charge in [-0.15, -0.1) is 0 Å². The minimum Gasteiger partial charge on any atom is -0.508 e. The van der Waals surface area contributed by atoms with Gasteiger partial charge in [-0.3, -0.25) is 0 Å². The highest BCUT2D eigenvalue weighted by Gasteiger charge is 2.10. The maximum absolute atomic E-state index is 13.1. The maximum atomic E-state index is 13.1. The molecule has 2 N–H and O–H groups in total. The third kappa shape index (κ3) is 4.96. The molecule has 1 rings (SSSR count). The van der Waals surface area contributed by atoms with Crippen LogP contribution in [0.2, 0.25) is 0 Å². The molecule has 0 aliphatic carbocycles. The van der Waals surface area contributed by atoms with Gasteiger partial charge >= 0.3 is 0 Å². The number of nitrogens with one attached hydrogen (secondary N) is 1. The number of halogens is 1. The summed E-state index contributed by atoms with van der Waals surface area (Å²) in [7, 11) is 0. The second-order valence-corrected chi connectivity index (χ2v) is 5.06. The molecule has 0 radical (unpaired) electrons. The van der Waals surface area contributed by atoms with Crippen molar-refractivity contribution in [2.75, 3.05) is 18.6 Å². The summed E-state index contributed by atoms with van der Waals surface area (Å²) >= 11 is 1.84. The minimum atomic E-state index is -0.311. The molecule has 0 aliphatic rings. The van der Waals surface area contributed by atoms with E-state index in [2.05, 4.69) is 11.6 Å². The SMILES string of the molecule is CSCCCCNC(C)c1cc(F)ccc1O. The van der Waals surface area contributed by atoms with Crippen LogP contribution in [0.3, 0.4) is 0 Å². The number of aromatic hydroxyl groups is 1. The van der Waals surface area contributed by atoms with E-state index >= 15 is 0 Å². The Labute approximate surface area is 107 Å². The lowest BCUT2D eigenvalue weighted by molar-refractivity contribution is 0.448. The Morgan fingerprint density at radius 2 is 2.18 bits per heavy atom. The average Bonchev–Trinajstić information content (AvgIpc) is 2.32. The summed E-state index contributed by atoms with van der Waals surface area (Å²) in [5.41, 5.74) is 0.620. The van der Waals surface area contributed by atoms with Gasteiger partial charge in [0, 0.05) is 11.6 Å². The molecule has 1 atom stereocenters. The predicted octanol–water partition coefficient (Wildman–Crippen LogP) is 3.33. The van der Waals surface area contributed by atoms with Gasteiger partial charge in [-0.25, -0.2) is 4.39 Å². The number of thioether (sulfide) groups is 1. The van der Waals surface area contributed by atoms with Gasteiger partial charge in [-0.2, -0.15) is 11.8 Å². The number of hydrogen-bond donors (Lipinski definition) is 2. The molecule has 4 heteroatoms. The first-order chi connectivity index (χ1) is 8.15. The van der Waals surface area contributed by atoms with Crippen molar-refractivity contribution in [1.29, 1.82) is 0 Å². The smallest absolute Gasteiger partial charge is 0.123 e. The first-order valence-electron chi connectivity index (χ1n) is 5.86. The van der Waals surface area contributed by atoms with E-state index in [-0.39, 0.29) is 17.6 Å². The van der Waals surface area contributed by atoms with Gasteiger partial charge < -0.3 is 10.4 Å². The Balaban J connectivity index is 2.41. The van der Waals surface area contributed by atoms with Crippen LogP contribution in [0.5, 0.6) is 5.75 Å². The molecule has 2 nitrogen and oxygen atoms in total. The molecule has 0 saturated heterocycles. The lowest BCUT2D eigenvalue weighted by Crippen LogP contribution is -2.20. The van der Waals surface area contributed by atoms with Gasteiger partial charge in [-0.1, -0.05) is 0 Å². The highest BCUT2D eigenvalue weighted by molar-refractivity contribution is 7.98. The summed E-state index contributed by atoms with van der Waals surface area (Å²) in [6.45, 7) is 2.82. The fourth-order valence-electron chi connectivity index (χ4n) is 1.67. The van der Waals surface area contributed by atoms with Crippen molar-refractivity contribution in [1.82, 2.24) is 5.32 Å². The lowest BCUT2D eigenvalue weighted by atomic mass is 10.1. The molecule has 1 aromatic rings. The standard InChI is InChI=1S/C13H20FNOS/c1-10(15-7-3-4-8-17-2)12-9-11(14)5-6-13(12)16/h5-6,9-10,15-16H,3-4,7-8H2,1-2H3. The van der Waals surface area contributed by atoms with Gasteiger partial charge in [0.1, 0.15) is 11.6 Å². The van der Waals surface area contributed by atoms with Crippen LogP contribution in [0, 0.1) is 5.82 Å². The molecule has 0 saturated carbocycles. The highest BCUT2D eigenvalue weighted by Crippen LogP contribution is 2.24. The van der Waals surface area contributed by atoms with E-state index < -0.39 is 0 Å². The topological polar surface area (TPSA) is 32.3 Å². The molecule has 96 valence electrons. The Hall–Kier alpha value is -0.740. The van der Waals surface area contributed by atoms with Crippen LogP contribution in [0.4, 0.5) is 4.39 Å². The predicted molar refractivity (Wildman–Crippen MR) is 72.1 cm³/mol. The summed E-state index contributed by atoms with van der Waals surface area (Å²) < 4.78 is 13.1. The van der Waals surface area contributed by atoms with Crippen LogP contribution >= 0.6 is 11.8 Å². The van der Waals surface area contributed by atoms with Crippen molar-refractivity contribution >= 4 is 11.8 Å². The molecule has 0 spiro atoms. The summed E-state index contributed by atoms with van der Waals surface area (Å²) in [6, 6.07) is 4.02. The molecule has 0 amide bonds. The molecular formula is C13H20FNOS. The molecule has 0 fully saturated rings. The van der Waals surface area contributed by atoms with E-state index in [4.69, 9.17) is 0 Å². The molecule has 0 aliphatic heterocycles.